The van der Waals surface area contributed by atoms with Crippen LogP contribution in [0.3, 0.4) is 0 Å². The number of imide groups is 1. The fourth-order valence-electron chi connectivity index (χ4n) is 1.83. The predicted molar refractivity (Wildman–Crippen MR) is 90.6 cm³/mol. The maximum atomic E-state index is 11.9. The van der Waals surface area contributed by atoms with Crippen LogP contribution in [0, 0.1) is 3.57 Å². The summed E-state index contributed by atoms with van der Waals surface area (Å²) in [4.78, 5) is 24.9. The van der Waals surface area contributed by atoms with Crippen LogP contribution in [0.2, 0.25) is 0 Å². The molecule has 0 radical (unpaired) electrons. The monoisotopic (exact) mass is 419 g/mol. The topological polar surface area (TPSA) is 55.8 Å². The Bertz CT molecular complexity index is 630. The number of hydrogen-bond donors (Lipinski definition) is 0. The zero-order chi connectivity index (χ0) is 15.6. The van der Waals surface area contributed by atoms with Crippen LogP contribution in [-0.4, -0.2) is 36.8 Å². The molecule has 1 aromatic carbocycles. The van der Waals surface area contributed by atoms with Gasteiger partial charge in [-0.15, -0.1) is 0 Å². The van der Waals surface area contributed by atoms with Crippen molar-refractivity contribution in [3.05, 3.63) is 26.2 Å². The quantitative estimate of drug-likeness (QED) is 0.554. The third kappa shape index (κ3) is 3.34. The maximum absolute atomic E-state index is 11.9. The highest BCUT2D eigenvalue weighted by atomic mass is 127. The summed E-state index contributed by atoms with van der Waals surface area (Å²) in [5.41, 5.74) is 0.794. The first-order valence-corrected chi connectivity index (χ1v) is 8.09. The number of carbonyl (C=O) groups is 2. The zero-order valence-electron chi connectivity index (χ0n) is 11.8. The Hall–Kier alpha value is -1.22. The molecule has 1 saturated heterocycles. The third-order valence-electron chi connectivity index (χ3n) is 2.82. The average Bonchev–Trinajstić information content (AvgIpc) is 2.67. The van der Waals surface area contributed by atoms with Gasteiger partial charge in [-0.25, -0.2) is 0 Å². The molecule has 1 aliphatic heterocycles. The summed E-state index contributed by atoms with van der Waals surface area (Å²) in [7, 11) is 3.06. The molecule has 1 aromatic rings. The molecule has 5 nitrogen and oxygen atoms in total. The molecule has 0 spiro atoms. The zero-order valence-corrected chi connectivity index (χ0v) is 14.8. The van der Waals surface area contributed by atoms with E-state index in [0.717, 1.165) is 25.8 Å². The lowest BCUT2D eigenvalue weighted by molar-refractivity contribution is -0.121. The van der Waals surface area contributed by atoms with E-state index >= 15 is 0 Å². The van der Waals surface area contributed by atoms with Crippen LogP contribution in [0.4, 0.5) is 4.79 Å². The number of nitrogens with zero attached hydrogens (tertiary/aromatic N) is 1. The highest BCUT2D eigenvalue weighted by molar-refractivity contribution is 14.1. The summed E-state index contributed by atoms with van der Waals surface area (Å²) in [6.07, 6.45) is 1.69. The van der Waals surface area contributed by atoms with E-state index in [1.54, 1.807) is 19.3 Å². The Balaban J connectivity index is 2.41. The molecule has 112 valence electrons. The average molecular weight is 419 g/mol. The van der Waals surface area contributed by atoms with Crippen LogP contribution in [0.15, 0.2) is 17.0 Å². The molecule has 7 heteroatoms. The number of methoxy groups -OCH3 is 1. The van der Waals surface area contributed by atoms with Crippen molar-refractivity contribution >= 4 is 51.6 Å². The summed E-state index contributed by atoms with van der Waals surface area (Å²) in [5.74, 6) is 1.00. The number of benzene rings is 1. The molecule has 0 aromatic heterocycles. The summed E-state index contributed by atoms with van der Waals surface area (Å²) >= 11 is 3.08. The van der Waals surface area contributed by atoms with E-state index < -0.39 is 0 Å². The number of halogens is 1. The van der Waals surface area contributed by atoms with Gasteiger partial charge in [0.15, 0.2) is 11.5 Å². The lowest BCUT2D eigenvalue weighted by Crippen LogP contribution is -2.22. The van der Waals surface area contributed by atoms with Crippen molar-refractivity contribution in [3.8, 4) is 11.5 Å². The van der Waals surface area contributed by atoms with Gasteiger partial charge in [-0.2, -0.15) is 0 Å². The van der Waals surface area contributed by atoms with Gasteiger partial charge in [0.2, 0.25) is 0 Å². The highest BCUT2D eigenvalue weighted by Crippen LogP contribution is 2.36. The van der Waals surface area contributed by atoms with E-state index in [-0.39, 0.29) is 11.1 Å². The number of carbonyl (C=O) groups excluding carboxylic acids is 2. The van der Waals surface area contributed by atoms with E-state index in [1.165, 1.54) is 7.05 Å². The van der Waals surface area contributed by atoms with Gasteiger partial charge in [-0.05, 0) is 65.0 Å². The van der Waals surface area contributed by atoms with Crippen molar-refractivity contribution in [2.24, 2.45) is 0 Å². The fraction of sp³-hybridized carbons (Fsp3) is 0.286. The Morgan fingerprint density at radius 3 is 2.62 bits per heavy atom. The molecule has 1 heterocycles. The highest BCUT2D eigenvalue weighted by Gasteiger charge is 2.31. The second-order valence-corrected chi connectivity index (χ2v) is 6.36. The van der Waals surface area contributed by atoms with Gasteiger partial charge in [0.05, 0.1) is 22.2 Å². The minimum atomic E-state index is -0.284. The second kappa shape index (κ2) is 6.69. The first-order chi connectivity index (χ1) is 9.97. The van der Waals surface area contributed by atoms with Crippen molar-refractivity contribution in [3.63, 3.8) is 0 Å². The molecule has 2 amide bonds. The van der Waals surface area contributed by atoms with Gasteiger partial charge in [0.25, 0.3) is 11.1 Å². The van der Waals surface area contributed by atoms with Crippen LogP contribution in [0.1, 0.15) is 12.5 Å². The fourth-order valence-corrected chi connectivity index (χ4v) is 3.50. The lowest BCUT2D eigenvalue weighted by Gasteiger charge is -2.12. The summed E-state index contributed by atoms with van der Waals surface area (Å²) in [6, 6.07) is 3.68. The van der Waals surface area contributed by atoms with E-state index in [2.05, 4.69) is 22.6 Å². The predicted octanol–water partition coefficient (Wildman–Crippen LogP) is 3.36. The molecule has 0 saturated carbocycles. The minimum Gasteiger partial charge on any atom is -0.492 e. The van der Waals surface area contributed by atoms with Crippen LogP contribution in [0.25, 0.3) is 6.08 Å². The molecule has 1 fully saturated rings. The van der Waals surface area contributed by atoms with Crippen LogP contribution >= 0.6 is 34.4 Å². The molecule has 0 N–H and O–H groups in total. The third-order valence-corrected chi connectivity index (χ3v) is 4.58. The Labute approximate surface area is 140 Å². The van der Waals surface area contributed by atoms with E-state index in [1.807, 2.05) is 13.0 Å². The molecule has 0 aliphatic carbocycles. The van der Waals surface area contributed by atoms with Crippen molar-refractivity contribution in [1.82, 2.24) is 4.90 Å². The van der Waals surface area contributed by atoms with Gasteiger partial charge < -0.3 is 9.47 Å². The van der Waals surface area contributed by atoms with Gasteiger partial charge in [-0.3, -0.25) is 14.5 Å². The second-order valence-electron chi connectivity index (χ2n) is 4.21. The molecular weight excluding hydrogens is 405 g/mol. The maximum Gasteiger partial charge on any atom is 0.293 e. The van der Waals surface area contributed by atoms with Crippen molar-refractivity contribution in [2.45, 2.75) is 6.92 Å². The smallest absolute Gasteiger partial charge is 0.293 e. The van der Waals surface area contributed by atoms with Crippen LogP contribution in [-0.2, 0) is 4.79 Å². The number of rotatable bonds is 4. The number of amides is 2. The lowest BCUT2D eigenvalue weighted by atomic mass is 10.2. The van der Waals surface area contributed by atoms with Gasteiger partial charge in [-0.1, -0.05) is 0 Å². The number of hydrogen-bond acceptors (Lipinski definition) is 5. The van der Waals surface area contributed by atoms with E-state index in [0.29, 0.717) is 23.0 Å². The normalized spacial score (nSPS) is 16.8. The SMILES string of the molecule is CCOc1cc(/C=C2\SC(=O)N(C)C2=O)cc(I)c1OC. The van der Waals surface area contributed by atoms with Gasteiger partial charge >= 0.3 is 0 Å². The summed E-state index contributed by atoms with van der Waals surface area (Å²) in [6.45, 7) is 2.41. The van der Waals surface area contributed by atoms with Crippen molar-refractivity contribution < 1.29 is 19.1 Å². The van der Waals surface area contributed by atoms with E-state index in [9.17, 15) is 9.59 Å². The van der Waals surface area contributed by atoms with Crippen LogP contribution in [0.5, 0.6) is 11.5 Å². The molecule has 0 bridgehead atoms. The van der Waals surface area contributed by atoms with Crippen molar-refractivity contribution in [1.29, 1.82) is 0 Å². The first kappa shape index (κ1) is 16.2. The van der Waals surface area contributed by atoms with Crippen LogP contribution < -0.4 is 9.47 Å². The minimum absolute atomic E-state index is 0.264. The van der Waals surface area contributed by atoms with E-state index in [4.69, 9.17) is 9.47 Å². The Morgan fingerprint density at radius 1 is 1.38 bits per heavy atom. The number of thioether (sulfide) groups is 1. The van der Waals surface area contributed by atoms with Gasteiger partial charge in [0.1, 0.15) is 0 Å². The van der Waals surface area contributed by atoms with Gasteiger partial charge in [0, 0.05) is 7.05 Å². The molecule has 2 rings (SSSR count). The molecule has 21 heavy (non-hydrogen) atoms. The number of ether oxygens (including phenoxy) is 2. The Morgan fingerprint density at radius 2 is 2.10 bits per heavy atom. The van der Waals surface area contributed by atoms with Crippen molar-refractivity contribution in [2.75, 3.05) is 20.8 Å². The first-order valence-electron chi connectivity index (χ1n) is 6.19. The summed E-state index contributed by atoms with van der Waals surface area (Å²) in [5, 5.41) is -0.264. The molecule has 0 unspecified atom stereocenters. The largest absolute Gasteiger partial charge is 0.492 e. The number of likely N-dealkylation sites (N-methyl/N-ethyl adjacent to an activating group) is 1. The Kier molecular flexibility index (Phi) is 5.15. The molecular formula is C14H14INO4S. The molecule has 0 atom stereocenters. The molecule has 1 aliphatic rings. The summed E-state index contributed by atoms with van der Waals surface area (Å²) < 4.78 is 11.8. The standard InChI is InChI=1S/C14H14INO4S/c1-4-20-10-6-8(5-9(15)12(10)19-3)7-11-13(17)16(2)14(18)21-11/h5-7H,4H2,1-3H3/b11-7-.